The zero-order valence-corrected chi connectivity index (χ0v) is 24.7. The van der Waals surface area contributed by atoms with E-state index in [9.17, 15) is 32.3 Å². The molecule has 1 heterocycles. The van der Waals surface area contributed by atoms with Crippen LogP contribution in [-0.4, -0.2) is 60.2 Å². The highest BCUT2D eigenvalue weighted by atomic mass is 19.4. The van der Waals surface area contributed by atoms with E-state index in [1.807, 2.05) is 6.92 Å². The first-order valence-electron chi connectivity index (χ1n) is 15.0. The van der Waals surface area contributed by atoms with E-state index in [1.54, 1.807) is 11.0 Å². The molecule has 5 atom stereocenters. The molecule has 1 saturated carbocycles. The lowest BCUT2D eigenvalue weighted by atomic mass is 9.99. The zero-order valence-electron chi connectivity index (χ0n) is 24.7. The summed E-state index contributed by atoms with van der Waals surface area (Å²) in [4.78, 5) is 28.9. The van der Waals surface area contributed by atoms with E-state index in [2.05, 4.69) is 16.6 Å². The number of hydrogen-bond acceptors (Lipinski definition) is 5. The summed E-state index contributed by atoms with van der Waals surface area (Å²) in [6, 6.07) is 8.16. The Hall–Kier alpha value is -3.62. The molecule has 0 radical (unpaired) electrons. The fourth-order valence-corrected chi connectivity index (χ4v) is 5.87. The Balaban J connectivity index is 1.55. The van der Waals surface area contributed by atoms with Crippen LogP contribution >= 0.6 is 0 Å². The van der Waals surface area contributed by atoms with E-state index in [0.717, 1.165) is 18.6 Å². The van der Waals surface area contributed by atoms with Gasteiger partial charge in [0.25, 0.3) is 0 Å². The van der Waals surface area contributed by atoms with Gasteiger partial charge in [0.2, 0.25) is 11.8 Å². The number of carbonyl (C=O) groups excluding carboxylic acids is 2. The summed E-state index contributed by atoms with van der Waals surface area (Å²) < 4.78 is 59.7. The van der Waals surface area contributed by atoms with Crippen molar-refractivity contribution in [2.45, 2.75) is 63.9 Å². The van der Waals surface area contributed by atoms with Gasteiger partial charge in [-0.1, -0.05) is 25.1 Å². The lowest BCUT2D eigenvalue weighted by Crippen LogP contribution is -2.49. The van der Waals surface area contributed by atoms with Crippen molar-refractivity contribution in [1.82, 2.24) is 15.5 Å². The number of hydrogen-bond donors (Lipinski definition) is 3. The minimum absolute atomic E-state index is 0.0380. The van der Waals surface area contributed by atoms with Crippen molar-refractivity contribution in [1.29, 1.82) is 0 Å². The van der Waals surface area contributed by atoms with Crippen LogP contribution in [0, 0.1) is 35.9 Å². The number of benzene rings is 2. The molecule has 2 aromatic carbocycles. The molecule has 238 valence electrons. The van der Waals surface area contributed by atoms with Gasteiger partial charge >= 0.3 is 6.18 Å². The second-order valence-corrected chi connectivity index (χ2v) is 11.5. The molecule has 1 aliphatic heterocycles. The first-order chi connectivity index (χ1) is 21.0. The second kappa shape index (κ2) is 14.9. The number of carbonyl (C=O) groups is 2. The predicted molar refractivity (Wildman–Crippen MR) is 157 cm³/mol. The molecule has 0 aromatic heterocycles. The van der Waals surface area contributed by atoms with Gasteiger partial charge in [-0.3, -0.25) is 9.59 Å². The molecule has 2 aromatic rings. The highest BCUT2D eigenvalue weighted by Gasteiger charge is 2.59. The normalized spacial score (nSPS) is 23.6. The molecule has 2 bridgehead atoms. The molecule has 7 nitrogen and oxygen atoms in total. The number of ether oxygens (including phenoxy) is 1. The molecule has 1 aliphatic carbocycles. The first kappa shape index (κ1) is 33.3. The molecule has 2 amide bonds. The summed E-state index contributed by atoms with van der Waals surface area (Å²) in [5.74, 6) is 0.242. The van der Waals surface area contributed by atoms with E-state index < -0.39 is 47.4 Å². The number of nitrogens with one attached hydrogen (secondary N) is 2. The van der Waals surface area contributed by atoms with Crippen LogP contribution < -0.4 is 15.4 Å². The molecule has 0 saturated heterocycles. The first-order valence-corrected chi connectivity index (χ1v) is 15.0. The number of rotatable bonds is 8. The summed E-state index contributed by atoms with van der Waals surface area (Å²) in [6.45, 7) is 3.29. The van der Waals surface area contributed by atoms with Gasteiger partial charge in [-0.15, -0.1) is 12.3 Å². The smallest absolute Gasteiger partial charge is 0.416 e. The molecule has 0 spiro atoms. The third kappa shape index (κ3) is 8.73. The standard InChI is InChI=1S/C33H39F4N3O4/c1-3-8-26-29-30(26)32(43)40(11-4-2)12-5-6-13-44-25-16-22(15-24(34)18-25)17-27(39-31(29)42)28(41)20-38-19-21-9-7-10-23(14-21)33(35,36)37/h1,7,9-10,14-16,18,26-30,38,41H,4-6,8,11-13,17,19-20H2,2H3,(H,39,42)/t26?,27-,28+,29?,30?/m0/s1. The molecular formula is C33H39F4N3O4. The summed E-state index contributed by atoms with van der Waals surface area (Å²) in [5, 5.41) is 17.0. The Labute approximate surface area is 255 Å². The van der Waals surface area contributed by atoms with E-state index in [4.69, 9.17) is 11.2 Å². The number of amides is 2. The van der Waals surface area contributed by atoms with Gasteiger partial charge in [-0.25, -0.2) is 4.39 Å². The van der Waals surface area contributed by atoms with Gasteiger partial charge in [0, 0.05) is 38.7 Å². The third-order valence-corrected chi connectivity index (χ3v) is 8.12. The number of aliphatic hydroxyl groups excluding tert-OH is 1. The quantitative estimate of drug-likeness (QED) is 0.303. The highest BCUT2D eigenvalue weighted by Crippen LogP contribution is 2.50. The molecule has 4 rings (SSSR count). The minimum Gasteiger partial charge on any atom is -0.493 e. The van der Waals surface area contributed by atoms with Crippen molar-refractivity contribution in [3.63, 3.8) is 0 Å². The van der Waals surface area contributed by atoms with E-state index in [-0.39, 0.29) is 37.8 Å². The summed E-state index contributed by atoms with van der Waals surface area (Å²) >= 11 is 0. The topological polar surface area (TPSA) is 90.9 Å². The summed E-state index contributed by atoms with van der Waals surface area (Å²) in [7, 11) is 0. The van der Waals surface area contributed by atoms with Crippen LogP contribution in [0.1, 0.15) is 49.3 Å². The van der Waals surface area contributed by atoms with Gasteiger partial charge in [0.1, 0.15) is 11.6 Å². The van der Waals surface area contributed by atoms with Crippen molar-refractivity contribution >= 4 is 11.8 Å². The highest BCUT2D eigenvalue weighted by molar-refractivity contribution is 5.93. The van der Waals surface area contributed by atoms with Gasteiger partial charge < -0.3 is 25.4 Å². The van der Waals surface area contributed by atoms with Gasteiger partial charge in [-0.2, -0.15) is 13.2 Å². The maximum Gasteiger partial charge on any atom is 0.416 e. The monoisotopic (exact) mass is 617 g/mol. The molecule has 1 fully saturated rings. The fourth-order valence-electron chi connectivity index (χ4n) is 5.87. The van der Waals surface area contributed by atoms with Gasteiger partial charge in [-0.05, 0) is 60.9 Å². The zero-order chi connectivity index (χ0) is 31.9. The van der Waals surface area contributed by atoms with E-state index in [0.29, 0.717) is 49.4 Å². The number of terminal acetylenes is 1. The Bertz CT molecular complexity index is 1350. The Kier molecular flexibility index (Phi) is 11.3. The number of fused-ring (bicyclic) bond motifs is 3. The SMILES string of the molecule is C#CCC1C2C(=O)N[C@H]([C@H](O)CNCc3cccc(C(F)(F)F)c3)Cc3cc(F)cc(c3)OCCCCN(CCC)C(=O)C12. The maximum absolute atomic E-state index is 14.6. The molecule has 2 aliphatic rings. The van der Waals surface area contributed by atoms with Crippen LogP contribution in [0.4, 0.5) is 17.6 Å². The molecule has 11 heteroatoms. The van der Waals surface area contributed by atoms with Crippen LogP contribution in [0.15, 0.2) is 42.5 Å². The van der Waals surface area contributed by atoms with Crippen LogP contribution in [0.5, 0.6) is 5.75 Å². The Morgan fingerprint density at radius 3 is 2.70 bits per heavy atom. The van der Waals surface area contributed by atoms with Crippen molar-refractivity contribution in [2.24, 2.45) is 17.8 Å². The number of alkyl halides is 3. The number of aliphatic hydroxyl groups is 1. The minimum atomic E-state index is -4.48. The van der Waals surface area contributed by atoms with Crippen LogP contribution in [0.2, 0.25) is 0 Å². The second-order valence-electron chi connectivity index (χ2n) is 11.5. The maximum atomic E-state index is 14.6. The van der Waals surface area contributed by atoms with Crippen molar-refractivity contribution < 1.29 is 37.0 Å². The summed E-state index contributed by atoms with van der Waals surface area (Å²) in [5.41, 5.74) is 0.0694. The molecular weight excluding hydrogens is 578 g/mol. The van der Waals surface area contributed by atoms with Crippen LogP contribution in [-0.2, 0) is 28.7 Å². The third-order valence-electron chi connectivity index (χ3n) is 8.12. The van der Waals surface area contributed by atoms with Crippen molar-refractivity contribution in [2.75, 3.05) is 26.2 Å². The predicted octanol–water partition coefficient (Wildman–Crippen LogP) is 4.32. The van der Waals surface area contributed by atoms with Crippen molar-refractivity contribution in [3.05, 3.63) is 65.0 Å². The van der Waals surface area contributed by atoms with E-state index >= 15 is 0 Å². The average molecular weight is 618 g/mol. The lowest BCUT2D eigenvalue weighted by molar-refractivity contribution is -0.137. The molecule has 44 heavy (non-hydrogen) atoms. The largest absolute Gasteiger partial charge is 0.493 e. The summed E-state index contributed by atoms with van der Waals surface area (Å²) in [6.07, 6.45) is 2.24. The Morgan fingerprint density at radius 1 is 1.18 bits per heavy atom. The number of nitrogens with zero attached hydrogens (tertiary/aromatic N) is 1. The Morgan fingerprint density at radius 2 is 1.98 bits per heavy atom. The van der Waals surface area contributed by atoms with Crippen LogP contribution in [0.3, 0.4) is 0 Å². The molecule has 3 unspecified atom stereocenters. The van der Waals surface area contributed by atoms with Crippen molar-refractivity contribution in [3.8, 4) is 18.1 Å². The lowest BCUT2D eigenvalue weighted by Gasteiger charge is -2.26. The van der Waals surface area contributed by atoms with E-state index in [1.165, 1.54) is 24.3 Å². The van der Waals surface area contributed by atoms with Gasteiger partial charge in [0.15, 0.2) is 0 Å². The molecule has 3 N–H and O–H groups in total. The van der Waals surface area contributed by atoms with Gasteiger partial charge in [0.05, 0.1) is 36.2 Å². The average Bonchev–Trinajstić information content (AvgIpc) is 3.68. The fraction of sp³-hybridized carbons (Fsp3) is 0.515. The van der Waals surface area contributed by atoms with Crippen LogP contribution in [0.25, 0.3) is 0 Å². The number of halogens is 4.